The van der Waals surface area contributed by atoms with Crippen LogP contribution in [-0.2, 0) is 16.6 Å². The quantitative estimate of drug-likeness (QED) is 0.883. The van der Waals surface area contributed by atoms with Crippen molar-refractivity contribution in [3.8, 4) is 0 Å². The van der Waals surface area contributed by atoms with Crippen LogP contribution in [0.5, 0.6) is 0 Å². The lowest BCUT2D eigenvalue weighted by Crippen LogP contribution is -2.29. The molecule has 1 aromatic heterocycles. The van der Waals surface area contributed by atoms with E-state index in [0.29, 0.717) is 12.4 Å². The molecule has 0 aliphatic heterocycles. The Kier molecular flexibility index (Phi) is 4.69. The summed E-state index contributed by atoms with van der Waals surface area (Å²) in [6, 6.07) is 4.64. The Morgan fingerprint density at radius 2 is 2.10 bits per heavy atom. The summed E-state index contributed by atoms with van der Waals surface area (Å²) >= 11 is 0. The van der Waals surface area contributed by atoms with Crippen molar-refractivity contribution in [2.75, 3.05) is 0 Å². The molecule has 0 fully saturated rings. The van der Waals surface area contributed by atoms with Gasteiger partial charge in [-0.05, 0) is 25.5 Å². The minimum atomic E-state index is -3.95. The van der Waals surface area contributed by atoms with Crippen molar-refractivity contribution in [3.63, 3.8) is 0 Å². The van der Waals surface area contributed by atoms with Gasteiger partial charge >= 0.3 is 0 Å². The first kappa shape index (κ1) is 15.6. The van der Waals surface area contributed by atoms with Crippen LogP contribution in [0.15, 0.2) is 35.5 Å². The van der Waals surface area contributed by atoms with Crippen molar-refractivity contribution in [2.24, 2.45) is 0 Å². The van der Waals surface area contributed by atoms with Crippen LogP contribution in [-0.4, -0.2) is 23.2 Å². The molecular formula is C13H17FN4O2S. The first-order valence-corrected chi connectivity index (χ1v) is 8.08. The summed E-state index contributed by atoms with van der Waals surface area (Å²) in [5.41, 5.74) is 0. The Morgan fingerprint density at radius 1 is 1.38 bits per heavy atom. The maximum absolute atomic E-state index is 13.6. The molecule has 0 saturated heterocycles. The Bertz CT molecular complexity index is 714. The highest BCUT2D eigenvalue weighted by molar-refractivity contribution is 7.89. The van der Waals surface area contributed by atoms with Gasteiger partial charge in [-0.15, -0.1) is 0 Å². The van der Waals surface area contributed by atoms with Gasteiger partial charge in [0.15, 0.2) is 0 Å². The second-order valence-corrected chi connectivity index (χ2v) is 6.30. The van der Waals surface area contributed by atoms with Gasteiger partial charge in [0, 0.05) is 6.54 Å². The number of hydrogen-bond acceptors (Lipinski definition) is 4. The van der Waals surface area contributed by atoms with Crippen LogP contribution in [0.25, 0.3) is 0 Å². The summed E-state index contributed by atoms with van der Waals surface area (Å²) in [4.78, 5) is 3.69. The predicted molar refractivity (Wildman–Crippen MR) is 75.4 cm³/mol. The van der Waals surface area contributed by atoms with E-state index in [-0.39, 0.29) is 4.90 Å². The van der Waals surface area contributed by atoms with Gasteiger partial charge in [-0.1, -0.05) is 19.1 Å². The SMILES string of the molecule is CCCn1ncnc1[C@@H](C)NS(=O)(=O)c1ccccc1F. The molecule has 21 heavy (non-hydrogen) atoms. The minimum Gasteiger partial charge on any atom is -0.249 e. The Hall–Kier alpha value is -1.80. The van der Waals surface area contributed by atoms with Gasteiger partial charge in [0.05, 0.1) is 6.04 Å². The summed E-state index contributed by atoms with van der Waals surface area (Å²) in [6.07, 6.45) is 2.22. The van der Waals surface area contributed by atoms with Crippen LogP contribution in [0.2, 0.25) is 0 Å². The van der Waals surface area contributed by atoms with Crippen molar-refractivity contribution >= 4 is 10.0 Å². The lowest BCUT2D eigenvalue weighted by molar-refractivity contribution is 0.510. The number of sulfonamides is 1. The molecule has 1 atom stereocenters. The molecule has 1 N–H and O–H groups in total. The number of rotatable bonds is 6. The third-order valence-electron chi connectivity index (χ3n) is 2.93. The summed E-state index contributed by atoms with van der Waals surface area (Å²) in [5.74, 6) is -0.288. The maximum Gasteiger partial charge on any atom is 0.244 e. The fourth-order valence-electron chi connectivity index (χ4n) is 2.00. The van der Waals surface area contributed by atoms with Crippen molar-refractivity contribution in [1.29, 1.82) is 0 Å². The van der Waals surface area contributed by atoms with E-state index in [4.69, 9.17) is 0 Å². The number of halogens is 1. The van der Waals surface area contributed by atoms with Crippen LogP contribution in [0, 0.1) is 5.82 Å². The fourth-order valence-corrected chi connectivity index (χ4v) is 3.28. The molecule has 0 aliphatic carbocycles. The molecule has 1 heterocycles. The molecule has 0 aliphatic rings. The highest BCUT2D eigenvalue weighted by Crippen LogP contribution is 2.17. The molecule has 0 bridgehead atoms. The number of aromatic nitrogens is 3. The fraction of sp³-hybridized carbons (Fsp3) is 0.385. The lowest BCUT2D eigenvalue weighted by Gasteiger charge is -2.15. The average molecular weight is 312 g/mol. The van der Waals surface area contributed by atoms with Crippen LogP contribution in [0.3, 0.4) is 0 Å². The zero-order chi connectivity index (χ0) is 15.5. The van der Waals surface area contributed by atoms with Crippen LogP contribution >= 0.6 is 0 Å². The van der Waals surface area contributed by atoms with Gasteiger partial charge in [0.25, 0.3) is 0 Å². The largest absolute Gasteiger partial charge is 0.249 e. The third kappa shape index (κ3) is 3.45. The molecule has 0 radical (unpaired) electrons. The number of hydrogen-bond donors (Lipinski definition) is 1. The Balaban J connectivity index is 2.24. The molecule has 0 spiro atoms. The summed E-state index contributed by atoms with van der Waals surface area (Å²) in [5, 5.41) is 4.04. The summed E-state index contributed by atoms with van der Waals surface area (Å²) < 4.78 is 42.1. The van der Waals surface area contributed by atoms with E-state index in [2.05, 4.69) is 14.8 Å². The molecule has 8 heteroatoms. The van der Waals surface area contributed by atoms with E-state index in [9.17, 15) is 12.8 Å². The van der Waals surface area contributed by atoms with Gasteiger partial charge in [-0.25, -0.2) is 27.2 Å². The van der Waals surface area contributed by atoms with E-state index < -0.39 is 21.9 Å². The predicted octanol–water partition coefficient (Wildman–Crippen LogP) is 1.87. The topological polar surface area (TPSA) is 76.9 Å². The first-order valence-electron chi connectivity index (χ1n) is 6.60. The molecule has 0 unspecified atom stereocenters. The van der Waals surface area contributed by atoms with Gasteiger partial charge in [-0.2, -0.15) is 5.10 Å². The smallest absolute Gasteiger partial charge is 0.244 e. The summed E-state index contributed by atoms with van der Waals surface area (Å²) in [7, 11) is -3.95. The zero-order valence-electron chi connectivity index (χ0n) is 11.8. The second kappa shape index (κ2) is 6.31. The molecule has 0 saturated carbocycles. The van der Waals surface area contributed by atoms with E-state index in [1.165, 1.54) is 24.5 Å². The molecular weight excluding hydrogens is 295 g/mol. The third-order valence-corrected chi connectivity index (χ3v) is 4.50. The van der Waals surface area contributed by atoms with E-state index in [1.807, 2.05) is 6.92 Å². The van der Waals surface area contributed by atoms with E-state index >= 15 is 0 Å². The Morgan fingerprint density at radius 3 is 2.76 bits per heavy atom. The maximum atomic E-state index is 13.6. The van der Waals surface area contributed by atoms with E-state index in [1.54, 1.807) is 11.6 Å². The monoisotopic (exact) mass is 312 g/mol. The average Bonchev–Trinajstić information content (AvgIpc) is 2.87. The van der Waals surface area contributed by atoms with E-state index in [0.717, 1.165) is 12.5 Å². The molecule has 6 nitrogen and oxygen atoms in total. The van der Waals surface area contributed by atoms with Crippen LogP contribution in [0.4, 0.5) is 4.39 Å². The van der Waals surface area contributed by atoms with Crippen LogP contribution < -0.4 is 4.72 Å². The van der Waals surface area contributed by atoms with Gasteiger partial charge in [-0.3, -0.25) is 0 Å². The van der Waals surface area contributed by atoms with Crippen molar-refractivity contribution < 1.29 is 12.8 Å². The molecule has 114 valence electrons. The standard InChI is InChI=1S/C13H17FN4O2S/c1-3-8-18-13(15-9-16-18)10(2)17-21(19,20)12-7-5-4-6-11(12)14/h4-7,9-10,17H,3,8H2,1-2H3/t10-/m1/s1. The van der Waals surface area contributed by atoms with Crippen molar-refractivity contribution in [3.05, 3.63) is 42.2 Å². The molecule has 0 amide bonds. The molecule has 1 aromatic carbocycles. The van der Waals surface area contributed by atoms with Crippen molar-refractivity contribution in [2.45, 2.75) is 37.8 Å². The van der Waals surface area contributed by atoms with Gasteiger partial charge < -0.3 is 0 Å². The number of benzene rings is 1. The lowest BCUT2D eigenvalue weighted by atomic mass is 10.3. The normalized spacial score (nSPS) is 13.3. The molecule has 2 rings (SSSR count). The highest BCUT2D eigenvalue weighted by atomic mass is 32.2. The Labute approximate surface area is 123 Å². The van der Waals surface area contributed by atoms with Crippen LogP contribution in [0.1, 0.15) is 32.1 Å². The number of nitrogens with one attached hydrogen (secondary N) is 1. The van der Waals surface area contributed by atoms with Gasteiger partial charge in [0.1, 0.15) is 22.9 Å². The number of nitrogens with zero attached hydrogens (tertiary/aromatic N) is 3. The first-order chi connectivity index (χ1) is 9.95. The number of aryl methyl sites for hydroxylation is 1. The van der Waals surface area contributed by atoms with Crippen molar-refractivity contribution in [1.82, 2.24) is 19.5 Å². The second-order valence-electron chi connectivity index (χ2n) is 4.61. The molecule has 2 aromatic rings. The highest BCUT2D eigenvalue weighted by Gasteiger charge is 2.23. The zero-order valence-corrected chi connectivity index (χ0v) is 12.6. The minimum absolute atomic E-state index is 0.376. The van der Waals surface area contributed by atoms with Gasteiger partial charge in [0.2, 0.25) is 10.0 Å². The summed E-state index contributed by atoms with van der Waals surface area (Å²) in [6.45, 7) is 4.27.